The molecule has 0 aliphatic heterocycles. The molecule has 1 heterocycles. The van der Waals surface area contributed by atoms with Gasteiger partial charge in [-0.05, 0) is 24.1 Å². The lowest BCUT2D eigenvalue weighted by Gasteiger charge is -2.06. The zero-order valence-corrected chi connectivity index (χ0v) is 10.1. The second-order valence-corrected chi connectivity index (χ2v) is 3.90. The second kappa shape index (κ2) is 5.35. The fourth-order valence-corrected chi connectivity index (χ4v) is 1.49. The second-order valence-electron chi connectivity index (χ2n) is 3.90. The van der Waals surface area contributed by atoms with Gasteiger partial charge < -0.3 is 15.5 Å². The Morgan fingerprint density at radius 2 is 2.06 bits per heavy atom. The highest BCUT2D eigenvalue weighted by atomic mass is 16.5. The maximum Gasteiger partial charge on any atom is 0.274 e. The Balaban J connectivity index is 2.02. The number of ether oxygens (including phenoxy) is 1. The van der Waals surface area contributed by atoms with Crippen molar-refractivity contribution < 1.29 is 4.74 Å². The Bertz CT molecular complexity index is 576. The van der Waals surface area contributed by atoms with Gasteiger partial charge >= 0.3 is 0 Å². The molecule has 0 unspecified atom stereocenters. The number of rotatable bonds is 4. The zero-order valence-electron chi connectivity index (χ0n) is 10.1. The van der Waals surface area contributed by atoms with Crippen LogP contribution in [-0.2, 0) is 13.0 Å². The number of H-pyrrole nitrogens is 1. The van der Waals surface area contributed by atoms with E-state index in [4.69, 9.17) is 10.5 Å². The lowest BCUT2D eigenvalue weighted by atomic mass is 10.2. The lowest BCUT2D eigenvalue weighted by Crippen LogP contribution is -2.16. The molecule has 0 aliphatic rings. The number of hydrogen-bond donors (Lipinski definition) is 2. The molecule has 0 saturated heterocycles. The molecular weight excluding hydrogens is 230 g/mol. The first-order valence-electron chi connectivity index (χ1n) is 5.74. The van der Waals surface area contributed by atoms with Gasteiger partial charge in [-0.2, -0.15) is 0 Å². The zero-order chi connectivity index (χ0) is 13.0. The third-order valence-corrected chi connectivity index (χ3v) is 2.59. The average Bonchev–Trinajstić information content (AvgIpc) is 2.41. The molecule has 0 aliphatic carbocycles. The van der Waals surface area contributed by atoms with Crippen molar-refractivity contribution in [3.05, 3.63) is 52.2 Å². The van der Waals surface area contributed by atoms with E-state index in [1.54, 1.807) is 0 Å². The van der Waals surface area contributed by atoms with Gasteiger partial charge in [-0.25, -0.2) is 4.98 Å². The lowest BCUT2D eigenvalue weighted by molar-refractivity contribution is 0.295. The number of nitrogens with one attached hydrogen (secondary N) is 1. The monoisotopic (exact) mass is 245 g/mol. The summed E-state index contributed by atoms with van der Waals surface area (Å²) >= 11 is 0. The van der Waals surface area contributed by atoms with E-state index in [9.17, 15) is 4.79 Å². The molecule has 0 spiro atoms. The van der Waals surface area contributed by atoms with E-state index in [1.165, 1.54) is 11.8 Å². The maximum absolute atomic E-state index is 11.3. The molecule has 1 aromatic heterocycles. The Morgan fingerprint density at radius 1 is 1.33 bits per heavy atom. The van der Waals surface area contributed by atoms with E-state index >= 15 is 0 Å². The molecule has 0 amide bonds. The molecule has 94 valence electrons. The summed E-state index contributed by atoms with van der Waals surface area (Å²) in [5, 5.41) is 0. The van der Waals surface area contributed by atoms with Crippen LogP contribution in [0.5, 0.6) is 5.75 Å². The van der Waals surface area contributed by atoms with E-state index in [0.717, 1.165) is 12.2 Å². The molecule has 0 bridgehead atoms. The van der Waals surface area contributed by atoms with Crippen LogP contribution in [0.15, 0.2) is 35.3 Å². The number of aromatic nitrogens is 2. The summed E-state index contributed by atoms with van der Waals surface area (Å²) in [4.78, 5) is 17.8. The molecular formula is C13H15N3O2. The molecule has 0 atom stereocenters. The highest BCUT2D eigenvalue weighted by Crippen LogP contribution is 2.13. The Morgan fingerprint density at radius 3 is 2.67 bits per heavy atom. The van der Waals surface area contributed by atoms with Gasteiger partial charge in [0, 0.05) is 0 Å². The summed E-state index contributed by atoms with van der Waals surface area (Å²) in [6.45, 7) is 2.31. The van der Waals surface area contributed by atoms with Gasteiger partial charge in [0.2, 0.25) is 0 Å². The summed E-state index contributed by atoms with van der Waals surface area (Å²) in [7, 11) is 0. The Kier molecular flexibility index (Phi) is 3.62. The van der Waals surface area contributed by atoms with E-state index in [0.29, 0.717) is 5.82 Å². The van der Waals surface area contributed by atoms with Gasteiger partial charge in [0.1, 0.15) is 23.9 Å². The first-order chi connectivity index (χ1) is 8.69. The van der Waals surface area contributed by atoms with Gasteiger partial charge in [0.25, 0.3) is 5.56 Å². The number of hydrogen-bond acceptors (Lipinski definition) is 4. The third-order valence-electron chi connectivity index (χ3n) is 2.59. The molecule has 1 aromatic carbocycles. The van der Waals surface area contributed by atoms with Crippen molar-refractivity contribution >= 4 is 5.69 Å². The number of anilines is 1. The smallest absolute Gasteiger partial charge is 0.274 e. The minimum atomic E-state index is -0.343. The van der Waals surface area contributed by atoms with Crippen LogP contribution in [0.3, 0.4) is 0 Å². The molecule has 18 heavy (non-hydrogen) atoms. The van der Waals surface area contributed by atoms with Gasteiger partial charge in [-0.1, -0.05) is 19.1 Å². The van der Waals surface area contributed by atoms with Crippen LogP contribution in [0.4, 0.5) is 5.69 Å². The van der Waals surface area contributed by atoms with Crippen LogP contribution in [0.25, 0.3) is 0 Å². The first kappa shape index (κ1) is 12.2. The predicted molar refractivity (Wildman–Crippen MR) is 69.4 cm³/mol. The fraction of sp³-hybridized carbons (Fsp3) is 0.231. The molecule has 0 fully saturated rings. The highest BCUT2D eigenvalue weighted by molar-refractivity contribution is 5.30. The average molecular weight is 245 g/mol. The van der Waals surface area contributed by atoms with Crippen molar-refractivity contribution in [3.8, 4) is 5.75 Å². The van der Waals surface area contributed by atoms with Crippen molar-refractivity contribution in [2.24, 2.45) is 0 Å². The molecule has 3 N–H and O–H groups in total. The Labute approximate surface area is 105 Å². The van der Waals surface area contributed by atoms with E-state index in [-0.39, 0.29) is 17.9 Å². The molecule has 5 heteroatoms. The number of nitrogen functional groups attached to an aromatic ring is 1. The maximum atomic E-state index is 11.3. The van der Waals surface area contributed by atoms with Crippen LogP contribution in [0.1, 0.15) is 18.3 Å². The normalized spacial score (nSPS) is 10.3. The fourth-order valence-electron chi connectivity index (χ4n) is 1.49. The number of benzene rings is 1. The quantitative estimate of drug-likeness (QED) is 0.855. The van der Waals surface area contributed by atoms with Crippen molar-refractivity contribution in [3.63, 3.8) is 0 Å². The molecule has 2 aromatic rings. The van der Waals surface area contributed by atoms with Crippen LogP contribution in [0, 0.1) is 0 Å². The molecule has 2 rings (SSSR count). The minimum absolute atomic E-state index is 0.103. The van der Waals surface area contributed by atoms with Crippen molar-refractivity contribution in [2.75, 3.05) is 5.73 Å². The van der Waals surface area contributed by atoms with Crippen LogP contribution in [0.2, 0.25) is 0 Å². The van der Waals surface area contributed by atoms with Gasteiger partial charge in [0.15, 0.2) is 0 Å². The number of nitrogens with two attached hydrogens (primary N) is 1. The number of nitrogens with zero attached hydrogens (tertiary/aromatic N) is 1. The van der Waals surface area contributed by atoms with E-state index < -0.39 is 0 Å². The topological polar surface area (TPSA) is 81.0 Å². The summed E-state index contributed by atoms with van der Waals surface area (Å²) in [5.74, 6) is 1.19. The van der Waals surface area contributed by atoms with Crippen LogP contribution < -0.4 is 16.0 Å². The SMILES string of the molecule is CCc1ccc(OCc2ncc(N)c(=O)[nH]2)cc1. The summed E-state index contributed by atoms with van der Waals surface area (Å²) in [5.41, 5.74) is 6.39. The van der Waals surface area contributed by atoms with E-state index in [2.05, 4.69) is 16.9 Å². The van der Waals surface area contributed by atoms with Gasteiger partial charge in [-0.3, -0.25) is 4.79 Å². The number of aryl methyl sites for hydroxylation is 1. The summed E-state index contributed by atoms with van der Waals surface area (Å²) in [6.07, 6.45) is 2.32. The van der Waals surface area contributed by atoms with Crippen LogP contribution in [-0.4, -0.2) is 9.97 Å². The molecule has 0 radical (unpaired) electrons. The number of aromatic amines is 1. The summed E-state index contributed by atoms with van der Waals surface area (Å²) in [6, 6.07) is 7.81. The molecule has 0 saturated carbocycles. The van der Waals surface area contributed by atoms with Gasteiger partial charge in [-0.15, -0.1) is 0 Å². The largest absolute Gasteiger partial charge is 0.486 e. The van der Waals surface area contributed by atoms with Gasteiger partial charge in [0.05, 0.1) is 6.20 Å². The van der Waals surface area contributed by atoms with Crippen LogP contribution >= 0.6 is 0 Å². The first-order valence-corrected chi connectivity index (χ1v) is 5.74. The Hall–Kier alpha value is -2.30. The highest BCUT2D eigenvalue weighted by Gasteiger charge is 2.00. The minimum Gasteiger partial charge on any atom is -0.486 e. The summed E-state index contributed by atoms with van der Waals surface area (Å²) < 4.78 is 5.51. The van der Waals surface area contributed by atoms with Crippen molar-refractivity contribution in [1.29, 1.82) is 0 Å². The molecule has 5 nitrogen and oxygen atoms in total. The van der Waals surface area contributed by atoms with Crippen molar-refractivity contribution in [2.45, 2.75) is 20.0 Å². The van der Waals surface area contributed by atoms with E-state index in [1.807, 2.05) is 24.3 Å². The standard InChI is InChI=1S/C13H15N3O2/c1-2-9-3-5-10(6-4-9)18-8-12-15-7-11(14)13(17)16-12/h3-7H,2,8,14H2,1H3,(H,15,16,17). The third kappa shape index (κ3) is 2.88. The van der Waals surface area contributed by atoms with Crippen molar-refractivity contribution in [1.82, 2.24) is 9.97 Å². The predicted octanol–water partition coefficient (Wildman–Crippen LogP) is 1.49.